The second-order valence-corrected chi connectivity index (χ2v) is 8.11. The lowest BCUT2D eigenvalue weighted by Crippen LogP contribution is -2.37. The van der Waals surface area contributed by atoms with E-state index in [4.69, 9.17) is 23.2 Å². The third-order valence-electron chi connectivity index (χ3n) is 4.40. The van der Waals surface area contributed by atoms with Crippen molar-refractivity contribution in [2.45, 2.75) is 24.3 Å². The molecule has 1 aromatic carbocycles. The van der Waals surface area contributed by atoms with Gasteiger partial charge in [-0.2, -0.15) is 12.6 Å². The van der Waals surface area contributed by atoms with Crippen molar-refractivity contribution in [1.82, 2.24) is 20.9 Å². The van der Waals surface area contributed by atoms with Crippen LogP contribution >= 0.6 is 35.8 Å². The second kappa shape index (κ2) is 9.60. The molecular formula is C19H20Cl2N4O2S. The Morgan fingerprint density at radius 1 is 1.14 bits per heavy atom. The maximum atomic E-state index is 12.3. The van der Waals surface area contributed by atoms with E-state index in [1.165, 1.54) is 12.3 Å². The summed E-state index contributed by atoms with van der Waals surface area (Å²) in [5.74, 6) is -0.562. The van der Waals surface area contributed by atoms with Crippen LogP contribution in [0.15, 0.2) is 36.5 Å². The van der Waals surface area contributed by atoms with E-state index >= 15 is 0 Å². The van der Waals surface area contributed by atoms with Crippen molar-refractivity contribution in [3.63, 3.8) is 0 Å². The molecule has 9 heteroatoms. The minimum absolute atomic E-state index is 0.220. The maximum Gasteiger partial charge on any atom is 0.269 e. The fourth-order valence-electron chi connectivity index (χ4n) is 2.86. The average molecular weight is 439 g/mol. The molecule has 0 aliphatic carbocycles. The first kappa shape index (κ1) is 20.9. The number of halogens is 2. The minimum atomic E-state index is -0.291. The van der Waals surface area contributed by atoms with Gasteiger partial charge in [-0.05, 0) is 36.2 Å². The number of rotatable bonds is 6. The molecule has 2 aromatic rings. The van der Waals surface area contributed by atoms with Crippen molar-refractivity contribution in [3.8, 4) is 0 Å². The van der Waals surface area contributed by atoms with E-state index in [9.17, 15) is 9.59 Å². The Morgan fingerprint density at radius 2 is 1.96 bits per heavy atom. The van der Waals surface area contributed by atoms with Gasteiger partial charge in [0.2, 0.25) is 0 Å². The summed E-state index contributed by atoms with van der Waals surface area (Å²) in [6.45, 7) is 1.66. The van der Waals surface area contributed by atoms with Crippen LogP contribution in [0.1, 0.15) is 32.8 Å². The molecule has 6 nitrogen and oxygen atoms in total. The molecule has 0 radical (unpaired) electrons. The zero-order valence-electron chi connectivity index (χ0n) is 14.9. The molecule has 2 unspecified atom stereocenters. The zero-order valence-corrected chi connectivity index (χ0v) is 17.3. The van der Waals surface area contributed by atoms with Crippen LogP contribution in [0.2, 0.25) is 10.0 Å². The molecule has 0 saturated carbocycles. The molecule has 1 aromatic heterocycles. The fraction of sp³-hybridized carbons (Fsp3) is 0.316. The Labute approximate surface area is 178 Å². The van der Waals surface area contributed by atoms with E-state index in [1.54, 1.807) is 24.3 Å². The third kappa shape index (κ3) is 5.61. The summed E-state index contributed by atoms with van der Waals surface area (Å²) in [6, 6.07) is 8.49. The second-order valence-electron chi connectivity index (χ2n) is 6.57. The first-order chi connectivity index (χ1) is 13.4. The summed E-state index contributed by atoms with van der Waals surface area (Å²) in [6.07, 6.45) is 2.30. The first-order valence-electron chi connectivity index (χ1n) is 8.80. The summed E-state index contributed by atoms with van der Waals surface area (Å²) in [5, 5.41) is 10.1. The number of nitrogens with one attached hydrogen (secondary N) is 3. The number of amides is 2. The van der Waals surface area contributed by atoms with Crippen LogP contribution in [-0.2, 0) is 6.54 Å². The van der Waals surface area contributed by atoms with Gasteiger partial charge >= 0.3 is 0 Å². The molecule has 1 aliphatic heterocycles. The number of carbonyl (C=O) groups excluding carboxylic acids is 2. The number of hydrogen-bond acceptors (Lipinski definition) is 5. The normalized spacial score (nSPS) is 18.7. The van der Waals surface area contributed by atoms with Crippen molar-refractivity contribution in [3.05, 3.63) is 63.4 Å². The van der Waals surface area contributed by atoms with Crippen molar-refractivity contribution in [2.24, 2.45) is 0 Å². The maximum absolute atomic E-state index is 12.3. The van der Waals surface area contributed by atoms with Crippen molar-refractivity contribution < 1.29 is 9.59 Å². The molecule has 148 valence electrons. The van der Waals surface area contributed by atoms with Crippen LogP contribution in [0.4, 0.5) is 0 Å². The number of hydrogen-bond donors (Lipinski definition) is 4. The van der Waals surface area contributed by atoms with E-state index in [0.717, 1.165) is 18.5 Å². The molecule has 3 N–H and O–H groups in total. The van der Waals surface area contributed by atoms with Crippen LogP contribution in [0.5, 0.6) is 0 Å². The number of benzene rings is 1. The van der Waals surface area contributed by atoms with Crippen molar-refractivity contribution >= 4 is 47.6 Å². The lowest BCUT2D eigenvalue weighted by molar-refractivity contribution is 0.0934. The monoisotopic (exact) mass is 438 g/mol. The van der Waals surface area contributed by atoms with Gasteiger partial charge < -0.3 is 16.0 Å². The highest BCUT2D eigenvalue weighted by Crippen LogP contribution is 2.22. The number of aromatic nitrogens is 1. The predicted molar refractivity (Wildman–Crippen MR) is 113 cm³/mol. The highest BCUT2D eigenvalue weighted by Gasteiger charge is 2.21. The Morgan fingerprint density at radius 3 is 2.61 bits per heavy atom. The molecule has 1 aliphatic rings. The predicted octanol–water partition coefficient (Wildman–Crippen LogP) is 2.71. The van der Waals surface area contributed by atoms with Gasteiger partial charge in [0, 0.05) is 37.1 Å². The van der Waals surface area contributed by atoms with Gasteiger partial charge in [0.15, 0.2) is 0 Å². The summed E-state index contributed by atoms with van der Waals surface area (Å²) in [5.41, 5.74) is 1.46. The highest BCUT2D eigenvalue weighted by molar-refractivity contribution is 7.81. The number of nitrogens with zero attached hydrogens (tertiary/aromatic N) is 1. The van der Waals surface area contributed by atoms with Gasteiger partial charge in [-0.1, -0.05) is 29.3 Å². The van der Waals surface area contributed by atoms with E-state index < -0.39 is 0 Å². The largest absolute Gasteiger partial charge is 0.349 e. The topological polar surface area (TPSA) is 83.1 Å². The minimum Gasteiger partial charge on any atom is -0.349 e. The van der Waals surface area contributed by atoms with E-state index in [2.05, 4.69) is 33.6 Å². The van der Waals surface area contributed by atoms with E-state index in [1.807, 2.05) is 0 Å². The van der Waals surface area contributed by atoms with Crippen molar-refractivity contribution in [2.75, 3.05) is 13.1 Å². The third-order valence-corrected chi connectivity index (χ3v) is 5.54. The molecule has 0 bridgehead atoms. The molecule has 2 amide bonds. The van der Waals surface area contributed by atoms with E-state index in [0.29, 0.717) is 33.9 Å². The van der Waals surface area contributed by atoms with Gasteiger partial charge in [-0.3, -0.25) is 14.6 Å². The van der Waals surface area contributed by atoms with E-state index in [-0.39, 0.29) is 23.6 Å². The van der Waals surface area contributed by atoms with Crippen molar-refractivity contribution in [1.29, 1.82) is 0 Å². The van der Waals surface area contributed by atoms with Gasteiger partial charge in [0.1, 0.15) is 5.69 Å². The fourth-order valence-corrected chi connectivity index (χ4v) is 3.54. The van der Waals surface area contributed by atoms with Crippen LogP contribution in [0.3, 0.4) is 0 Å². The van der Waals surface area contributed by atoms with Gasteiger partial charge in [-0.25, -0.2) is 0 Å². The lowest BCUT2D eigenvalue weighted by Gasteiger charge is -2.11. The standard InChI is InChI=1S/C19H20Cl2N4O2S/c20-15-3-1-11(5-16(15)21)7-24-18(26)12-2-4-17(23-8-12)19(27)25-9-13-6-14(28)10-22-13/h1-5,8,13-14,22,28H,6-7,9-10H2,(H,24,26)(H,25,27). The quantitative estimate of drug-likeness (QED) is 0.522. The van der Waals surface area contributed by atoms with Gasteiger partial charge in [0.25, 0.3) is 11.8 Å². The zero-order chi connectivity index (χ0) is 20.1. The molecule has 2 heterocycles. The first-order valence-corrected chi connectivity index (χ1v) is 10.1. The molecule has 3 rings (SSSR count). The summed E-state index contributed by atoms with van der Waals surface area (Å²) in [7, 11) is 0. The molecule has 1 saturated heterocycles. The summed E-state index contributed by atoms with van der Waals surface area (Å²) < 4.78 is 0. The summed E-state index contributed by atoms with van der Waals surface area (Å²) >= 11 is 16.3. The van der Waals surface area contributed by atoms with Crippen LogP contribution < -0.4 is 16.0 Å². The van der Waals surface area contributed by atoms with Crippen LogP contribution in [0.25, 0.3) is 0 Å². The average Bonchev–Trinajstić information content (AvgIpc) is 3.12. The molecule has 2 atom stereocenters. The Balaban J connectivity index is 1.50. The Hall–Kier alpha value is -1.80. The van der Waals surface area contributed by atoms with Crippen LogP contribution in [-0.4, -0.2) is 41.2 Å². The lowest BCUT2D eigenvalue weighted by atomic mass is 10.2. The van der Waals surface area contributed by atoms with Gasteiger partial charge in [-0.15, -0.1) is 0 Å². The number of carbonyl (C=O) groups is 2. The molecule has 28 heavy (non-hydrogen) atoms. The highest BCUT2D eigenvalue weighted by atomic mass is 35.5. The Bertz CT molecular complexity index is 864. The SMILES string of the molecule is O=C(NCc1ccc(Cl)c(Cl)c1)c1ccc(C(=O)NCC2CC(S)CN2)nc1. The molecule has 0 spiro atoms. The molecule has 1 fully saturated rings. The molecular weight excluding hydrogens is 419 g/mol. The smallest absolute Gasteiger partial charge is 0.269 e. The van der Waals surface area contributed by atoms with Crippen LogP contribution in [0, 0.1) is 0 Å². The summed E-state index contributed by atoms with van der Waals surface area (Å²) in [4.78, 5) is 28.5. The number of thiol groups is 1. The Kier molecular flexibility index (Phi) is 7.18. The van der Waals surface area contributed by atoms with Gasteiger partial charge in [0.05, 0.1) is 15.6 Å². The number of pyridine rings is 1.